The van der Waals surface area contributed by atoms with E-state index < -0.39 is 21.9 Å². The van der Waals surface area contributed by atoms with Crippen molar-refractivity contribution >= 4 is 29.0 Å². The number of carbonyl (C=O) groups is 2. The van der Waals surface area contributed by atoms with Crippen molar-refractivity contribution in [2.24, 2.45) is 5.41 Å². The number of nitro groups is 1. The average Bonchev–Trinajstić information content (AvgIpc) is 2.34. The van der Waals surface area contributed by atoms with Crippen LogP contribution in [-0.4, -0.2) is 23.2 Å². The summed E-state index contributed by atoms with van der Waals surface area (Å²) in [6.07, 6.45) is 0. The smallest absolute Gasteiger partial charge is 0.283 e. The normalized spacial score (nSPS) is 11.0. The van der Waals surface area contributed by atoms with E-state index in [1.807, 2.05) is 0 Å². The van der Waals surface area contributed by atoms with E-state index in [1.165, 1.54) is 12.1 Å². The summed E-state index contributed by atoms with van der Waals surface area (Å²) in [5.74, 6) is -0.839. The van der Waals surface area contributed by atoms with Crippen molar-refractivity contribution in [3.8, 4) is 0 Å². The van der Waals surface area contributed by atoms with Gasteiger partial charge in [0.25, 0.3) is 11.6 Å². The van der Waals surface area contributed by atoms with Crippen LogP contribution in [0.5, 0.6) is 0 Å². The SMILES string of the molecule is CC(C)(C)C(=O)CNC(=O)c1ccc(Cl)cc1[N+](=O)[O-]. The van der Waals surface area contributed by atoms with Crippen molar-refractivity contribution in [3.63, 3.8) is 0 Å². The molecule has 0 aliphatic carbocycles. The molecule has 0 bridgehead atoms. The van der Waals surface area contributed by atoms with Crippen molar-refractivity contribution < 1.29 is 14.5 Å². The predicted octanol–water partition coefficient (Wildman–Crippen LogP) is 2.59. The molecule has 0 fully saturated rings. The molecule has 0 aliphatic rings. The van der Waals surface area contributed by atoms with Crippen LogP contribution in [-0.2, 0) is 4.79 Å². The fourth-order valence-corrected chi connectivity index (χ4v) is 1.54. The number of Topliss-reactive ketones (excluding diaryl/α,β-unsaturated/α-hetero) is 1. The van der Waals surface area contributed by atoms with E-state index in [2.05, 4.69) is 5.32 Å². The molecule has 0 saturated heterocycles. The van der Waals surface area contributed by atoms with Crippen LogP contribution in [0.15, 0.2) is 18.2 Å². The van der Waals surface area contributed by atoms with E-state index in [1.54, 1.807) is 20.8 Å². The first-order valence-electron chi connectivity index (χ1n) is 5.88. The van der Waals surface area contributed by atoms with Gasteiger partial charge in [0.05, 0.1) is 11.5 Å². The van der Waals surface area contributed by atoms with Gasteiger partial charge in [-0.1, -0.05) is 32.4 Å². The Labute approximate surface area is 121 Å². The lowest BCUT2D eigenvalue weighted by Crippen LogP contribution is -2.35. The maximum Gasteiger partial charge on any atom is 0.283 e. The predicted molar refractivity (Wildman–Crippen MR) is 74.9 cm³/mol. The Bertz CT molecular complexity index is 564. The summed E-state index contributed by atoms with van der Waals surface area (Å²) in [5, 5.41) is 13.4. The molecule has 0 saturated carbocycles. The molecule has 0 heterocycles. The van der Waals surface area contributed by atoms with Gasteiger partial charge in [-0.2, -0.15) is 0 Å². The van der Waals surface area contributed by atoms with E-state index in [9.17, 15) is 19.7 Å². The van der Waals surface area contributed by atoms with Crippen LogP contribution in [0.25, 0.3) is 0 Å². The Balaban J connectivity index is 2.89. The van der Waals surface area contributed by atoms with E-state index in [4.69, 9.17) is 11.6 Å². The lowest BCUT2D eigenvalue weighted by atomic mass is 9.91. The zero-order valence-corrected chi connectivity index (χ0v) is 12.2. The van der Waals surface area contributed by atoms with Gasteiger partial charge < -0.3 is 5.32 Å². The van der Waals surface area contributed by atoms with Gasteiger partial charge in [-0.25, -0.2) is 0 Å². The molecule has 1 rings (SSSR count). The van der Waals surface area contributed by atoms with Gasteiger partial charge in [0.1, 0.15) is 5.56 Å². The molecule has 0 aromatic heterocycles. The van der Waals surface area contributed by atoms with Gasteiger partial charge in [-0.05, 0) is 12.1 Å². The van der Waals surface area contributed by atoms with Crippen LogP contribution < -0.4 is 5.32 Å². The standard InChI is InChI=1S/C13H15ClN2O4/c1-13(2,3)11(17)7-15-12(18)9-5-4-8(14)6-10(9)16(19)20/h4-6H,7H2,1-3H3,(H,15,18). The maximum atomic E-state index is 11.9. The van der Waals surface area contributed by atoms with Gasteiger partial charge in [-0.15, -0.1) is 0 Å². The number of hydrogen-bond donors (Lipinski definition) is 1. The fourth-order valence-electron chi connectivity index (χ4n) is 1.37. The van der Waals surface area contributed by atoms with E-state index in [0.717, 1.165) is 6.07 Å². The van der Waals surface area contributed by atoms with E-state index >= 15 is 0 Å². The average molecular weight is 299 g/mol. The largest absolute Gasteiger partial charge is 0.345 e. The Morgan fingerprint density at radius 3 is 2.45 bits per heavy atom. The van der Waals surface area contributed by atoms with Crippen molar-refractivity contribution in [2.45, 2.75) is 20.8 Å². The highest BCUT2D eigenvalue weighted by Crippen LogP contribution is 2.23. The summed E-state index contributed by atoms with van der Waals surface area (Å²) in [6.45, 7) is 5.01. The highest BCUT2D eigenvalue weighted by Gasteiger charge is 2.24. The minimum atomic E-state index is -0.688. The van der Waals surface area contributed by atoms with Gasteiger partial charge >= 0.3 is 0 Å². The first kappa shape index (κ1) is 16.1. The highest BCUT2D eigenvalue weighted by molar-refractivity contribution is 6.31. The van der Waals surface area contributed by atoms with Crippen molar-refractivity contribution in [3.05, 3.63) is 38.9 Å². The van der Waals surface area contributed by atoms with E-state index in [-0.39, 0.29) is 22.9 Å². The second-order valence-corrected chi connectivity index (χ2v) is 5.71. The van der Waals surface area contributed by atoms with Crippen LogP contribution in [0.1, 0.15) is 31.1 Å². The van der Waals surface area contributed by atoms with Crippen LogP contribution in [0, 0.1) is 15.5 Å². The summed E-state index contributed by atoms with van der Waals surface area (Å²) in [4.78, 5) is 33.8. The van der Waals surface area contributed by atoms with E-state index in [0.29, 0.717) is 0 Å². The Morgan fingerprint density at radius 1 is 1.35 bits per heavy atom. The van der Waals surface area contributed by atoms with Crippen LogP contribution in [0.4, 0.5) is 5.69 Å². The summed E-state index contributed by atoms with van der Waals surface area (Å²) >= 11 is 5.66. The number of nitrogens with one attached hydrogen (secondary N) is 1. The highest BCUT2D eigenvalue weighted by atomic mass is 35.5. The number of amides is 1. The fraction of sp³-hybridized carbons (Fsp3) is 0.385. The Morgan fingerprint density at radius 2 is 1.95 bits per heavy atom. The molecule has 0 spiro atoms. The third-order valence-electron chi connectivity index (χ3n) is 2.65. The Hall–Kier alpha value is -1.95. The molecular formula is C13H15ClN2O4. The first-order valence-corrected chi connectivity index (χ1v) is 6.26. The zero-order chi connectivity index (χ0) is 15.5. The number of carbonyl (C=O) groups excluding carboxylic acids is 2. The summed E-state index contributed by atoms with van der Waals surface area (Å²) in [6, 6.07) is 3.74. The third kappa shape index (κ3) is 4.03. The number of nitrogens with zero attached hydrogens (tertiary/aromatic N) is 1. The number of ketones is 1. The van der Waals surface area contributed by atoms with Crippen molar-refractivity contribution in [2.75, 3.05) is 6.54 Å². The topological polar surface area (TPSA) is 89.3 Å². The monoisotopic (exact) mass is 298 g/mol. The molecule has 1 amide bonds. The number of hydrogen-bond acceptors (Lipinski definition) is 4. The summed E-state index contributed by atoms with van der Waals surface area (Å²) in [7, 11) is 0. The van der Waals surface area contributed by atoms with Gasteiger partial charge in [0.15, 0.2) is 5.78 Å². The molecule has 20 heavy (non-hydrogen) atoms. The quantitative estimate of drug-likeness (QED) is 0.683. The lowest BCUT2D eigenvalue weighted by molar-refractivity contribution is -0.385. The van der Waals surface area contributed by atoms with Crippen LogP contribution in [0.2, 0.25) is 5.02 Å². The van der Waals surface area contributed by atoms with Crippen LogP contribution >= 0.6 is 11.6 Å². The van der Waals surface area contributed by atoms with Gasteiger partial charge in [0.2, 0.25) is 0 Å². The minimum Gasteiger partial charge on any atom is -0.345 e. The second-order valence-electron chi connectivity index (χ2n) is 5.27. The van der Waals surface area contributed by atoms with Crippen molar-refractivity contribution in [1.82, 2.24) is 5.32 Å². The summed E-state index contributed by atoms with van der Waals surface area (Å²) in [5.41, 5.74) is -1.10. The maximum absolute atomic E-state index is 11.9. The molecule has 1 N–H and O–H groups in total. The molecule has 108 valence electrons. The lowest BCUT2D eigenvalue weighted by Gasteiger charge is -2.16. The molecular weight excluding hydrogens is 284 g/mol. The van der Waals surface area contributed by atoms with Gasteiger partial charge in [-0.3, -0.25) is 19.7 Å². The molecule has 7 heteroatoms. The molecule has 0 aliphatic heterocycles. The summed E-state index contributed by atoms with van der Waals surface area (Å²) < 4.78 is 0. The third-order valence-corrected chi connectivity index (χ3v) is 2.88. The number of benzene rings is 1. The molecule has 1 aromatic rings. The molecule has 6 nitrogen and oxygen atoms in total. The second kappa shape index (κ2) is 6.00. The van der Waals surface area contributed by atoms with Gasteiger partial charge in [0, 0.05) is 16.5 Å². The Kier molecular flexibility index (Phi) is 4.83. The first-order chi connectivity index (χ1) is 9.12. The molecule has 0 radical (unpaired) electrons. The van der Waals surface area contributed by atoms with Crippen molar-refractivity contribution in [1.29, 1.82) is 0 Å². The zero-order valence-electron chi connectivity index (χ0n) is 11.4. The number of rotatable bonds is 4. The van der Waals surface area contributed by atoms with Crippen LogP contribution in [0.3, 0.4) is 0 Å². The number of halogens is 1. The minimum absolute atomic E-state index is 0.124. The molecule has 0 atom stereocenters. The number of nitro benzene ring substituents is 1. The molecule has 0 unspecified atom stereocenters. The molecule has 1 aromatic carbocycles.